The molecule has 35 heavy (non-hydrogen) atoms. The Morgan fingerprint density at radius 3 is 1.37 bits per heavy atom. The van der Waals surface area contributed by atoms with Crippen molar-refractivity contribution in [3.63, 3.8) is 0 Å². The van der Waals surface area contributed by atoms with Gasteiger partial charge in [0.05, 0.1) is 0 Å². The van der Waals surface area contributed by atoms with Crippen LogP contribution in [0.2, 0.25) is 0 Å². The lowest BCUT2D eigenvalue weighted by atomic mass is 9.83. The summed E-state index contributed by atoms with van der Waals surface area (Å²) in [5.74, 6) is 0. The van der Waals surface area contributed by atoms with Gasteiger partial charge in [-0.2, -0.15) is 0 Å². The molecule has 0 fully saturated rings. The van der Waals surface area contributed by atoms with Gasteiger partial charge in [0, 0.05) is 32.7 Å². The normalized spacial score (nSPS) is 11.8. The molecule has 0 saturated heterocycles. The first kappa shape index (κ1) is 24.9. The SMILES string of the molecule is CN(CCN(Cc1ccccc1)Cc1ccccc1)CCC(O)(c1ccccc1)c1ccccc1. The fourth-order valence-electron chi connectivity index (χ4n) is 4.56. The quantitative estimate of drug-likeness (QED) is 0.281. The summed E-state index contributed by atoms with van der Waals surface area (Å²) in [6.45, 7) is 4.52. The topological polar surface area (TPSA) is 26.7 Å². The minimum Gasteiger partial charge on any atom is -0.380 e. The van der Waals surface area contributed by atoms with Gasteiger partial charge >= 0.3 is 0 Å². The van der Waals surface area contributed by atoms with Crippen molar-refractivity contribution >= 4 is 0 Å². The van der Waals surface area contributed by atoms with Crippen molar-refractivity contribution in [2.45, 2.75) is 25.1 Å². The van der Waals surface area contributed by atoms with E-state index in [9.17, 15) is 5.11 Å². The van der Waals surface area contributed by atoms with E-state index in [4.69, 9.17) is 0 Å². The maximum atomic E-state index is 11.8. The van der Waals surface area contributed by atoms with Gasteiger partial charge in [0.1, 0.15) is 5.60 Å². The molecule has 0 aliphatic rings. The van der Waals surface area contributed by atoms with Crippen LogP contribution in [0.4, 0.5) is 0 Å². The van der Waals surface area contributed by atoms with Gasteiger partial charge in [-0.25, -0.2) is 0 Å². The van der Waals surface area contributed by atoms with Crippen molar-refractivity contribution in [1.82, 2.24) is 9.80 Å². The Kier molecular flexibility index (Phi) is 8.85. The van der Waals surface area contributed by atoms with Crippen molar-refractivity contribution < 1.29 is 5.11 Å². The Morgan fingerprint density at radius 1 is 0.543 bits per heavy atom. The zero-order valence-electron chi connectivity index (χ0n) is 20.6. The van der Waals surface area contributed by atoms with E-state index >= 15 is 0 Å². The highest BCUT2D eigenvalue weighted by Gasteiger charge is 2.31. The largest absolute Gasteiger partial charge is 0.380 e. The first-order chi connectivity index (χ1) is 17.1. The van der Waals surface area contributed by atoms with Crippen LogP contribution in [0.3, 0.4) is 0 Å². The van der Waals surface area contributed by atoms with Crippen molar-refractivity contribution in [3.8, 4) is 0 Å². The lowest BCUT2D eigenvalue weighted by Crippen LogP contribution is -2.36. The molecule has 4 aromatic carbocycles. The number of aliphatic hydroxyl groups is 1. The second-order valence-electron chi connectivity index (χ2n) is 9.33. The molecule has 180 valence electrons. The fourth-order valence-corrected chi connectivity index (χ4v) is 4.56. The highest BCUT2D eigenvalue weighted by atomic mass is 16.3. The fraction of sp³-hybridized carbons (Fsp3) is 0.250. The molecule has 0 heterocycles. The Labute approximate surface area is 210 Å². The highest BCUT2D eigenvalue weighted by molar-refractivity contribution is 5.35. The summed E-state index contributed by atoms with van der Waals surface area (Å²) in [4.78, 5) is 4.83. The lowest BCUT2D eigenvalue weighted by molar-refractivity contribution is 0.0590. The third kappa shape index (κ3) is 7.12. The molecule has 0 unspecified atom stereocenters. The van der Waals surface area contributed by atoms with E-state index in [2.05, 4.69) is 77.5 Å². The van der Waals surface area contributed by atoms with Crippen LogP contribution in [0, 0.1) is 0 Å². The summed E-state index contributed by atoms with van der Waals surface area (Å²) in [5, 5.41) is 11.8. The number of likely N-dealkylation sites (N-methyl/N-ethyl adjacent to an activating group) is 1. The average Bonchev–Trinajstić information content (AvgIpc) is 2.92. The maximum Gasteiger partial charge on any atom is 0.116 e. The van der Waals surface area contributed by atoms with Crippen LogP contribution in [0.5, 0.6) is 0 Å². The second-order valence-corrected chi connectivity index (χ2v) is 9.33. The Bertz CT molecular complexity index is 1040. The second kappa shape index (κ2) is 12.5. The number of rotatable bonds is 12. The Balaban J connectivity index is 1.41. The summed E-state index contributed by atoms with van der Waals surface area (Å²) >= 11 is 0. The van der Waals surface area contributed by atoms with E-state index in [1.807, 2.05) is 60.7 Å². The highest BCUT2D eigenvalue weighted by Crippen LogP contribution is 2.33. The van der Waals surface area contributed by atoms with Crippen LogP contribution in [0.1, 0.15) is 28.7 Å². The van der Waals surface area contributed by atoms with Gasteiger partial charge in [-0.1, -0.05) is 121 Å². The molecule has 0 aromatic heterocycles. The first-order valence-electron chi connectivity index (χ1n) is 12.5. The van der Waals surface area contributed by atoms with E-state index in [0.29, 0.717) is 6.42 Å². The Hall–Kier alpha value is -3.24. The van der Waals surface area contributed by atoms with Gasteiger partial charge in [-0.3, -0.25) is 4.90 Å². The maximum absolute atomic E-state index is 11.8. The van der Waals surface area contributed by atoms with Crippen LogP contribution in [0.25, 0.3) is 0 Å². The standard InChI is InChI=1S/C32H36N2O/c1-33(23-22-32(35,30-18-10-4-11-19-30)31-20-12-5-13-21-31)24-25-34(26-28-14-6-2-7-15-28)27-29-16-8-3-9-17-29/h2-21,35H,22-27H2,1H3. The number of hydrogen-bond donors (Lipinski definition) is 1. The molecule has 3 heteroatoms. The van der Waals surface area contributed by atoms with E-state index < -0.39 is 5.60 Å². The zero-order chi connectivity index (χ0) is 24.3. The molecule has 4 rings (SSSR count). The molecule has 0 bridgehead atoms. The van der Waals surface area contributed by atoms with Crippen molar-refractivity contribution in [3.05, 3.63) is 144 Å². The molecule has 3 nitrogen and oxygen atoms in total. The Morgan fingerprint density at radius 2 is 0.943 bits per heavy atom. The van der Waals surface area contributed by atoms with E-state index in [0.717, 1.165) is 43.9 Å². The summed E-state index contributed by atoms with van der Waals surface area (Å²) in [7, 11) is 2.15. The number of benzene rings is 4. The van der Waals surface area contributed by atoms with Gasteiger partial charge in [0.15, 0.2) is 0 Å². The predicted molar refractivity (Wildman–Crippen MR) is 145 cm³/mol. The molecule has 4 aromatic rings. The zero-order valence-corrected chi connectivity index (χ0v) is 20.6. The summed E-state index contributed by atoms with van der Waals surface area (Å²) < 4.78 is 0. The number of hydrogen-bond acceptors (Lipinski definition) is 3. The monoisotopic (exact) mass is 464 g/mol. The minimum atomic E-state index is -1.01. The summed E-state index contributed by atoms with van der Waals surface area (Å²) in [6, 6.07) is 41.4. The molecule has 0 aliphatic heterocycles. The molecule has 0 amide bonds. The van der Waals surface area contributed by atoms with Crippen LogP contribution < -0.4 is 0 Å². The van der Waals surface area contributed by atoms with Crippen molar-refractivity contribution in [1.29, 1.82) is 0 Å². The van der Waals surface area contributed by atoms with Gasteiger partial charge in [0.2, 0.25) is 0 Å². The van der Waals surface area contributed by atoms with Crippen LogP contribution >= 0.6 is 0 Å². The molecular formula is C32H36N2O. The summed E-state index contributed by atoms with van der Waals surface area (Å²) in [5.41, 5.74) is 3.52. The minimum absolute atomic E-state index is 0.634. The van der Waals surface area contributed by atoms with Crippen LogP contribution in [-0.4, -0.2) is 41.6 Å². The van der Waals surface area contributed by atoms with Gasteiger partial charge in [-0.05, 0) is 35.7 Å². The summed E-state index contributed by atoms with van der Waals surface area (Å²) in [6.07, 6.45) is 0.634. The van der Waals surface area contributed by atoms with Crippen molar-refractivity contribution in [2.24, 2.45) is 0 Å². The number of nitrogens with zero attached hydrogens (tertiary/aromatic N) is 2. The van der Waals surface area contributed by atoms with E-state index in [-0.39, 0.29) is 0 Å². The third-order valence-corrected chi connectivity index (χ3v) is 6.65. The van der Waals surface area contributed by atoms with Gasteiger partial charge in [0.25, 0.3) is 0 Å². The first-order valence-corrected chi connectivity index (χ1v) is 12.5. The molecule has 0 aliphatic carbocycles. The van der Waals surface area contributed by atoms with Crippen LogP contribution in [0.15, 0.2) is 121 Å². The molecule has 1 N–H and O–H groups in total. The molecule has 0 atom stereocenters. The third-order valence-electron chi connectivity index (χ3n) is 6.65. The molecule has 0 spiro atoms. The van der Waals surface area contributed by atoms with E-state index in [1.54, 1.807) is 0 Å². The van der Waals surface area contributed by atoms with E-state index in [1.165, 1.54) is 11.1 Å². The molecule has 0 saturated carbocycles. The lowest BCUT2D eigenvalue weighted by Gasteiger charge is -2.32. The smallest absolute Gasteiger partial charge is 0.116 e. The average molecular weight is 465 g/mol. The predicted octanol–water partition coefficient (Wildman–Crippen LogP) is 5.95. The molecular weight excluding hydrogens is 428 g/mol. The van der Waals surface area contributed by atoms with Crippen molar-refractivity contribution in [2.75, 3.05) is 26.7 Å². The van der Waals surface area contributed by atoms with Gasteiger partial charge < -0.3 is 10.0 Å². The molecule has 0 radical (unpaired) electrons. The van der Waals surface area contributed by atoms with Gasteiger partial charge in [-0.15, -0.1) is 0 Å². The van der Waals surface area contributed by atoms with Crippen LogP contribution in [-0.2, 0) is 18.7 Å².